The van der Waals surface area contributed by atoms with Gasteiger partial charge in [-0.2, -0.15) is 0 Å². The maximum absolute atomic E-state index is 12.0. The zero-order valence-corrected chi connectivity index (χ0v) is 13.1. The van der Waals surface area contributed by atoms with Gasteiger partial charge in [-0.15, -0.1) is 0 Å². The lowest BCUT2D eigenvalue weighted by Gasteiger charge is -2.21. The van der Waals surface area contributed by atoms with Crippen LogP contribution in [-0.2, 0) is 9.84 Å². The van der Waals surface area contributed by atoms with E-state index in [1.165, 1.54) is 12.8 Å². The van der Waals surface area contributed by atoms with Crippen molar-refractivity contribution in [1.82, 2.24) is 5.32 Å². The maximum Gasteiger partial charge on any atom is 0.155 e. The Balaban J connectivity index is 2.35. The molecular weight excluding hydrogens is 246 g/mol. The van der Waals surface area contributed by atoms with Crippen LogP contribution < -0.4 is 5.32 Å². The van der Waals surface area contributed by atoms with E-state index in [2.05, 4.69) is 12.2 Å². The molecule has 108 valence electrons. The van der Waals surface area contributed by atoms with Crippen molar-refractivity contribution in [1.29, 1.82) is 0 Å². The summed E-state index contributed by atoms with van der Waals surface area (Å²) >= 11 is 0. The number of rotatable bonds is 8. The van der Waals surface area contributed by atoms with E-state index in [9.17, 15) is 8.42 Å². The first-order chi connectivity index (χ1) is 8.28. The van der Waals surface area contributed by atoms with Gasteiger partial charge in [0.25, 0.3) is 0 Å². The predicted octanol–water partition coefficient (Wildman–Crippen LogP) is 2.76. The van der Waals surface area contributed by atoms with Gasteiger partial charge in [0.05, 0.1) is 10.5 Å². The van der Waals surface area contributed by atoms with E-state index < -0.39 is 14.6 Å². The van der Waals surface area contributed by atoms with Crippen LogP contribution in [0.25, 0.3) is 0 Å². The molecule has 1 atom stereocenters. The number of hydrogen-bond acceptors (Lipinski definition) is 3. The van der Waals surface area contributed by atoms with Gasteiger partial charge in [0.2, 0.25) is 0 Å². The molecule has 0 bridgehead atoms. The Morgan fingerprint density at radius 2 is 1.89 bits per heavy atom. The molecule has 1 aliphatic rings. The quantitative estimate of drug-likeness (QED) is 0.741. The third kappa shape index (κ3) is 4.88. The predicted molar refractivity (Wildman–Crippen MR) is 77.6 cm³/mol. The minimum absolute atomic E-state index is 0.327. The van der Waals surface area contributed by atoms with Crippen LogP contribution in [0.5, 0.6) is 0 Å². The van der Waals surface area contributed by atoms with Crippen molar-refractivity contribution in [3.63, 3.8) is 0 Å². The molecule has 0 spiro atoms. The molecule has 1 rings (SSSR count). The highest BCUT2D eigenvalue weighted by Gasteiger charge is 2.32. The van der Waals surface area contributed by atoms with Gasteiger partial charge < -0.3 is 5.32 Å². The molecular formula is C14H29NO2S. The topological polar surface area (TPSA) is 46.2 Å². The number of nitrogens with one attached hydrogen (secondary N) is 1. The first-order valence-electron chi connectivity index (χ1n) is 7.23. The van der Waals surface area contributed by atoms with Crippen LogP contribution in [0.1, 0.15) is 59.8 Å². The summed E-state index contributed by atoms with van der Waals surface area (Å²) < 4.78 is 23.4. The van der Waals surface area contributed by atoms with Crippen LogP contribution in [0.4, 0.5) is 0 Å². The molecule has 1 saturated carbocycles. The zero-order valence-electron chi connectivity index (χ0n) is 12.3. The summed E-state index contributed by atoms with van der Waals surface area (Å²) in [6.45, 7) is 8.58. The Bertz CT molecular complexity index is 339. The Hall–Kier alpha value is -0.0900. The fourth-order valence-corrected chi connectivity index (χ4v) is 3.29. The molecule has 0 amide bonds. The van der Waals surface area contributed by atoms with Crippen LogP contribution in [0, 0.1) is 5.92 Å². The number of hydrogen-bond donors (Lipinski definition) is 1. The van der Waals surface area contributed by atoms with Gasteiger partial charge in [-0.05, 0) is 65.3 Å². The molecule has 0 aromatic heterocycles. The van der Waals surface area contributed by atoms with Crippen molar-refractivity contribution in [2.24, 2.45) is 5.92 Å². The summed E-state index contributed by atoms with van der Waals surface area (Å²) in [6, 6.07) is 0.542. The minimum Gasteiger partial charge on any atom is -0.314 e. The molecule has 4 heteroatoms. The molecule has 0 saturated heterocycles. The highest BCUT2D eigenvalue weighted by atomic mass is 32.2. The summed E-state index contributed by atoms with van der Waals surface area (Å²) in [4.78, 5) is 0. The van der Waals surface area contributed by atoms with Gasteiger partial charge >= 0.3 is 0 Å². The van der Waals surface area contributed by atoms with E-state index >= 15 is 0 Å². The molecule has 3 nitrogen and oxygen atoms in total. The smallest absolute Gasteiger partial charge is 0.155 e. The molecule has 0 heterocycles. The summed E-state index contributed by atoms with van der Waals surface area (Å²) in [5.41, 5.74) is 0. The van der Waals surface area contributed by atoms with E-state index in [1.807, 2.05) is 0 Å². The van der Waals surface area contributed by atoms with Gasteiger partial charge in [0, 0.05) is 6.04 Å². The van der Waals surface area contributed by atoms with E-state index in [0.29, 0.717) is 11.8 Å². The van der Waals surface area contributed by atoms with Gasteiger partial charge in [-0.1, -0.05) is 6.92 Å². The third-order valence-electron chi connectivity index (χ3n) is 3.71. The summed E-state index contributed by atoms with van der Waals surface area (Å²) in [6.07, 6.45) is 5.56. The number of sulfone groups is 1. The third-order valence-corrected chi connectivity index (χ3v) is 6.40. The lowest BCUT2D eigenvalue weighted by Crippen LogP contribution is -2.34. The molecule has 0 radical (unpaired) electrons. The van der Waals surface area contributed by atoms with E-state index in [0.717, 1.165) is 31.7 Å². The Morgan fingerprint density at radius 1 is 1.28 bits per heavy atom. The van der Waals surface area contributed by atoms with Crippen LogP contribution in [0.3, 0.4) is 0 Å². The Labute approximate surface area is 113 Å². The molecule has 1 N–H and O–H groups in total. The first-order valence-corrected chi connectivity index (χ1v) is 8.89. The van der Waals surface area contributed by atoms with Gasteiger partial charge in [-0.25, -0.2) is 8.42 Å². The van der Waals surface area contributed by atoms with Crippen molar-refractivity contribution >= 4 is 9.84 Å². The van der Waals surface area contributed by atoms with Crippen LogP contribution in [-0.4, -0.2) is 31.5 Å². The normalized spacial score (nSPS) is 18.9. The zero-order chi connectivity index (χ0) is 13.8. The average molecular weight is 275 g/mol. The van der Waals surface area contributed by atoms with Gasteiger partial charge in [0.1, 0.15) is 0 Å². The summed E-state index contributed by atoms with van der Waals surface area (Å²) in [5, 5.41) is 3.56. The molecule has 1 aliphatic carbocycles. The highest BCUT2D eigenvalue weighted by molar-refractivity contribution is 7.92. The van der Waals surface area contributed by atoms with Gasteiger partial charge in [0.15, 0.2) is 9.84 Å². The van der Waals surface area contributed by atoms with Crippen LogP contribution in [0.15, 0.2) is 0 Å². The second-order valence-corrected chi connectivity index (χ2v) is 9.33. The van der Waals surface area contributed by atoms with Crippen molar-refractivity contribution < 1.29 is 8.42 Å². The molecule has 1 fully saturated rings. The lowest BCUT2D eigenvalue weighted by atomic mass is 10.1. The average Bonchev–Trinajstić information content (AvgIpc) is 3.05. The molecule has 0 aromatic rings. The standard InChI is InChI=1S/C14H29NO2S/c1-5-10-15-13(12-8-9-12)7-6-11-18(16,17)14(2,3)4/h12-13,15H,5-11H2,1-4H3. The lowest BCUT2D eigenvalue weighted by molar-refractivity contribution is 0.430. The van der Waals surface area contributed by atoms with Crippen molar-refractivity contribution in [2.75, 3.05) is 12.3 Å². The highest BCUT2D eigenvalue weighted by Crippen LogP contribution is 2.34. The van der Waals surface area contributed by atoms with Crippen LogP contribution >= 0.6 is 0 Å². The summed E-state index contributed by atoms with van der Waals surface area (Å²) in [5.74, 6) is 1.13. The molecule has 0 aromatic carbocycles. The first kappa shape index (κ1) is 16.0. The van der Waals surface area contributed by atoms with E-state index in [1.54, 1.807) is 20.8 Å². The molecule has 0 aliphatic heterocycles. The van der Waals surface area contributed by atoms with E-state index in [4.69, 9.17) is 0 Å². The fourth-order valence-electron chi connectivity index (χ4n) is 2.13. The largest absolute Gasteiger partial charge is 0.314 e. The SMILES string of the molecule is CCCNC(CCCS(=O)(=O)C(C)(C)C)C1CC1. The van der Waals surface area contributed by atoms with Crippen molar-refractivity contribution in [2.45, 2.75) is 70.6 Å². The van der Waals surface area contributed by atoms with Crippen molar-refractivity contribution in [3.05, 3.63) is 0 Å². The monoisotopic (exact) mass is 275 g/mol. The van der Waals surface area contributed by atoms with Crippen molar-refractivity contribution in [3.8, 4) is 0 Å². The molecule has 1 unspecified atom stereocenters. The van der Waals surface area contributed by atoms with E-state index in [-0.39, 0.29) is 0 Å². The fraction of sp³-hybridized carbons (Fsp3) is 1.00. The van der Waals surface area contributed by atoms with Crippen LogP contribution in [0.2, 0.25) is 0 Å². The van der Waals surface area contributed by atoms with Gasteiger partial charge in [-0.3, -0.25) is 0 Å². The maximum atomic E-state index is 12.0. The minimum atomic E-state index is -2.95. The molecule has 18 heavy (non-hydrogen) atoms. The summed E-state index contributed by atoms with van der Waals surface area (Å²) in [7, 11) is -2.95. The Morgan fingerprint density at radius 3 is 2.33 bits per heavy atom. The Kier molecular flexibility index (Phi) is 5.66. The second-order valence-electron chi connectivity index (χ2n) is 6.47. The second kappa shape index (κ2) is 6.38.